The molecule has 3 amide bonds. The van der Waals surface area contributed by atoms with Crippen LogP contribution in [0.3, 0.4) is 0 Å². The first-order valence-electron chi connectivity index (χ1n) is 9.09. The fourth-order valence-electron chi connectivity index (χ4n) is 2.74. The van der Waals surface area contributed by atoms with E-state index in [1.165, 1.54) is 6.26 Å². The third kappa shape index (κ3) is 4.63. The number of hydrogen-bond donors (Lipinski definition) is 2. The van der Waals surface area contributed by atoms with Crippen LogP contribution in [0.4, 0.5) is 10.5 Å². The Balaban J connectivity index is 1.39. The van der Waals surface area contributed by atoms with Crippen molar-refractivity contribution in [1.29, 1.82) is 0 Å². The van der Waals surface area contributed by atoms with Crippen LogP contribution in [-0.4, -0.2) is 40.2 Å². The number of thioether (sulfide) groups is 1. The molecule has 27 heavy (non-hydrogen) atoms. The van der Waals surface area contributed by atoms with Crippen LogP contribution in [0.25, 0.3) is 0 Å². The van der Waals surface area contributed by atoms with Crippen LogP contribution in [0.5, 0.6) is 0 Å². The summed E-state index contributed by atoms with van der Waals surface area (Å²) in [6, 6.07) is 7.99. The molecule has 7 nitrogen and oxygen atoms in total. The zero-order valence-electron chi connectivity index (χ0n) is 15.1. The van der Waals surface area contributed by atoms with Gasteiger partial charge in [0.15, 0.2) is 5.69 Å². The van der Waals surface area contributed by atoms with E-state index >= 15 is 0 Å². The number of carbonyl (C=O) groups excluding carboxylic acids is 2. The van der Waals surface area contributed by atoms with Gasteiger partial charge >= 0.3 is 6.03 Å². The SMILES string of the molecule is CSc1ccc(NC(=O)N(Cc2nc(C(=O)NC3CC3)co2)C2CC2)cc1. The molecular weight excluding hydrogens is 364 g/mol. The Kier molecular flexibility index (Phi) is 5.07. The molecule has 0 unspecified atom stereocenters. The van der Waals surface area contributed by atoms with E-state index in [4.69, 9.17) is 4.42 Å². The highest BCUT2D eigenvalue weighted by molar-refractivity contribution is 7.98. The summed E-state index contributed by atoms with van der Waals surface area (Å²) in [7, 11) is 0. The number of nitrogens with zero attached hydrogens (tertiary/aromatic N) is 2. The predicted molar refractivity (Wildman–Crippen MR) is 103 cm³/mol. The Morgan fingerprint density at radius 1 is 1.22 bits per heavy atom. The van der Waals surface area contributed by atoms with E-state index in [1.54, 1.807) is 16.7 Å². The van der Waals surface area contributed by atoms with E-state index < -0.39 is 0 Å². The molecule has 142 valence electrons. The van der Waals surface area contributed by atoms with Crippen molar-refractivity contribution in [3.05, 3.63) is 42.1 Å². The molecule has 2 N–H and O–H groups in total. The lowest BCUT2D eigenvalue weighted by Crippen LogP contribution is -2.36. The number of amides is 3. The summed E-state index contributed by atoms with van der Waals surface area (Å²) in [6.45, 7) is 0.246. The van der Waals surface area contributed by atoms with E-state index in [0.29, 0.717) is 5.89 Å². The number of rotatable bonds is 7. The molecule has 2 fully saturated rings. The largest absolute Gasteiger partial charge is 0.446 e. The molecule has 0 atom stereocenters. The summed E-state index contributed by atoms with van der Waals surface area (Å²) in [6.07, 6.45) is 7.34. The van der Waals surface area contributed by atoms with Crippen LogP contribution >= 0.6 is 11.8 Å². The lowest BCUT2D eigenvalue weighted by molar-refractivity contribution is 0.0946. The molecule has 2 saturated carbocycles. The van der Waals surface area contributed by atoms with Gasteiger partial charge in [0, 0.05) is 22.7 Å². The zero-order chi connectivity index (χ0) is 18.8. The van der Waals surface area contributed by atoms with E-state index in [1.807, 2.05) is 30.5 Å². The minimum absolute atomic E-state index is 0.184. The summed E-state index contributed by atoms with van der Waals surface area (Å²) < 4.78 is 5.43. The van der Waals surface area contributed by atoms with Crippen molar-refractivity contribution in [3.8, 4) is 0 Å². The van der Waals surface area contributed by atoms with Gasteiger partial charge in [0.05, 0.1) is 6.54 Å². The van der Waals surface area contributed by atoms with Gasteiger partial charge in [-0.3, -0.25) is 4.79 Å². The highest BCUT2D eigenvalue weighted by Crippen LogP contribution is 2.29. The summed E-state index contributed by atoms with van der Waals surface area (Å²) in [5.41, 5.74) is 1.01. The second kappa shape index (κ2) is 7.64. The summed E-state index contributed by atoms with van der Waals surface area (Å²) in [5, 5.41) is 5.81. The van der Waals surface area contributed by atoms with E-state index in [-0.39, 0.29) is 36.3 Å². The van der Waals surface area contributed by atoms with Crippen LogP contribution in [0.15, 0.2) is 39.8 Å². The lowest BCUT2D eigenvalue weighted by Gasteiger charge is -2.21. The molecule has 0 aliphatic heterocycles. The molecule has 4 rings (SSSR count). The minimum Gasteiger partial charge on any atom is -0.446 e. The average molecular weight is 386 g/mol. The zero-order valence-corrected chi connectivity index (χ0v) is 15.9. The number of nitrogens with one attached hydrogen (secondary N) is 2. The standard InChI is InChI=1S/C19H22N4O3S/c1-27-15-8-4-13(5-9-15)21-19(25)23(14-6-7-14)10-17-22-16(11-26-17)18(24)20-12-2-3-12/h4-5,8-9,11-12,14H,2-3,6-7,10H2,1H3,(H,20,24)(H,21,25). The number of urea groups is 1. The lowest BCUT2D eigenvalue weighted by atomic mass is 10.3. The Labute approximate surface area is 161 Å². The van der Waals surface area contributed by atoms with E-state index in [0.717, 1.165) is 36.3 Å². The molecule has 0 saturated heterocycles. The number of carbonyl (C=O) groups is 2. The predicted octanol–water partition coefficient (Wildman–Crippen LogP) is 3.49. The number of aromatic nitrogens is 1. The van der Waals surface area contributed by atoms with Gasteiger partial charge in [-0.15, -0.1) is 11.8 Å². The Morgan fingerprint density at radius 3 is 2.59 bits per heavy atom. The molecule has 2 aromatic rings. The van der Waals surface area contributed by atoms with Gasteiger partial charge in [0.25, 0.3) is 5.91 Å². The second-order valence-electron chi connectivity index (χ2n) is 6.89. The van der Waals surface area contributed by atoms with Gasteiger partial charge < -0.3 is 20.0 Å². The van der Waals surface area contributed by atoms with Crippen molar-refractivity contribution in [1.82, 2.24) is 15.2 Å². The van der Waals surface area contributed by atoms with E-state index in [9.17, 15) is 9.59 Å². The van der Waals surface area contributed by atoms with Crippen LogP contribution in [-0.2, 0) is 6.54 Å². The molecule has 0 spiro atoms. The quantitative estimate of drug-likeness (QED) is 0.711. The molecule has 0 bridgehead atoms. The summed E-state index contributed by atoms with van der Waals surface area (Å²) in [5.74, 6) is 0.152. The van der Waals surface area contributed by atoms with Gasteiger partial charge in [0.1, 0.15) is 6.26 Å². The monoisotopic (exact) mass is 386 g/mol. The number of oxazole rings is 1. The highest BCUT2D eigenvalue weighted by Gasteiger charge is 2.34. The van der Waals surface area contributed by atoms with Crippen LogP contribution in [0.1, 0.15) is 42.1 Å². The molecule has 1 heterocycles. The second-order valence-corrected chi connectivity index (χ2v) is 7.77. The first-order valence-corrected chi connectivity index (χ1v) is 10.3. The highest BCUT2D eigenvalue weighted by atomic mass is 32.2. The maximum absolute atomic E-state index is 12.7. The molecule has 1 aromatic carbocycles. The van der Waals surface area contributed by atoms with Gasteiger partial charge in [0.2, 0.25) is 5.89 Å². The summed E-state index contributed by atoms with van der Waals surface area (Å²) >= 11 is 1.65. The first kappa shape index (κ1) is 17.9. The van der Waals surface area contributed by atoms with E-state index in [2.05, 4.69) is 15.6 Å². The normalized spacial score (nSPS) is 16.0. The number of benzene rings is 1. The van der Waals surface area contributed by atoms with Crippen LogP contribution in [0.2, 0.25) is 0 Å². The molecule has 0 radical (unpaired) electrons. The Hall–Kier alpha value is -2.48. The van der Waals surface area contributed by atoms with Crippen LogP contribution < -0.4 is 10.6 Å². The van der Waals surface area contributed by atoms with Crippen LogP contribution in [0, 0.1) is 0 Å². The third-order valence-corrected chi connectivity index (χ3v) is 5.34. The fraction of sp³-hybridized carbons (Fsp3) is 0.421. The summed E-state index contributed by atoms with van der Waals surface area (Å²) in [4.78, 5) is 31.9. The van der Waals surface area contributed by atoms with Gasteiger partial charge in [-0.25, -0.2) is 9.78 Å². The van der Waals surface area contributed by atoms with Crippen molar-refractivity contribution >= 4 is 29.4 Å². The van der Waals surface area contributed by atoms with Gasteiger partial charge in [-0.2, -0.15) is 0 Å². The molecule has 2 aliphatic carbocycles. The third-order valence-electron chi connectivity index (χ3n) is 4.59. The van der Waals surface area contributed by atoms with Crippen molar-refractivity contribution in [3.63, 3.8) is 0 Å². The smallest absolute Gasteiger partial charge is 0.322 e. The van der Waals surface area contributed by atoms with Gasteiger partial charge in [-0.05, 0) is 56.2 Å². The van der Waals surface area contributed by atoms with Gasteiger partial charge in [-0.1, -0.05) is 0 Å². The molecule has 1 aromatic heterocycles. The van der Waals surface area contributed by atoms with Crippen molar-refractivity contribution in [2.24, 2.45) is 0 Å². The van der Waals surface area contributed by atoms with Crippen molar-refractivity contribution < 1.29 is 14.0 Å². The molecule has 2 aliphatic rings. The Bertz CT molecular complexity index is 828. The minimum atomic E-state index is -0.219. The van der Waals surface area contributed by atoms with Crippen molar-refractivity contribution in [2.75, 3.05) is 11.6 Å². The molecular formula is C19H22N4O3S. The number of anilines is 1. The Morgan fingerprint density at radius 2 is 1.96 bits per heavy atom. The topological polar surface area (TPSA) is 87.5 Å². The fourth-order valence-corrected chi connectivity index (χ4v) is 3.15. The maximum atomic E-state index is 12.7. The maximum Gasteiger partial charge on any atom is 0.322 e. The molecule has 8 heteroatoms. The van der Waals surface area contributed by atoms with Crippen molar-refractivity contribution in [2.45, 2.75) is 49.2 Å². The number of hydrogen-bond acceptors (Lipinski definition) is 5. The average Bonchev–Trinajstić information content (AvgIpc) is 3.60. The first-order chi connectivity index (χ1) is 13.1.